The molecule has 0 saturated carbocycles. The Morgan fingerprint density at radius 3 is 2.72 bits per heavy atom. The third-order valence-electron chi connectivity index (χ3n) is 2.72. The number of imidazole rings is 1. The highest BCUT2D eigenvalue weighted by Gasteiger charge is 2.06. The van der Waals surface area contributed by atoms with Crippen molar-refractivity contribution in [2.45, 2.75) is 13.0 Å². The highest BCUT2D eigenvalue weighted by molar-refractivity contribution is 5.70. The minimum absolute atomic E-state index is 0.0401. The first-order chi connectivity index (χ1) is 8.66. The zero-order valence-electron chi connectivity index (χ0n) is 10.1. The van der Waals surface area contributed by atoms with Crippen LogP contribution in [0, 0.1) is 0 Å². The van der Waals surface area contributed by atoms with Gasteiger partial charge in [-0.15, -0.1) is 0 Å². The van der Waals surface area contributed by atoms with E-state index < -0.39 is 5.97 Å². The number of hydrogen-bond acceptors (Lipinski definition) is 3. The largest absolute Gasteiger partial charge is 0.481 e. The second-order valence-corrected chi connectivity index (χ2v) is 4.05. The van der Waals surface area contributed by atoms with Gasteiger partial charge in [0.15, 0.2) is 0 Å². The molecule has 0 aliphatic carbocycles. The number of carbonyl (C=O) groups is 1. The number of benzene rings is 1. The number of rotatable bonds is 5. The van der Waals surface area contributed by atoms with E-state index in [1.807, 2.05) is 42.1 Å². The Labute approximate surface area is 105 Å². The quantitative estimate of drug-likeness (QED) is 0.840. The Hall–Kier alpha value is -2.30. The molecule has 0 bridgehead atoms. The summed E-state index contributed by atoms with van der Waals surface area (Å²) < 4.78 is 1.87. The molecule has 0 saturated heterocycles. The van der Waals surface area contributed by atoms with Crippen molar-refractivity contribution in [2.75, 3.05) is 5.32 Å². The second-order valence-electron chi connectivity index (χ2n) is 4.05. The third kappa shape index (κ3) is 2.88. The van der Waals surface area contributed by atoms with Gasteiger partial charge in [0.2, 0.25) is 5.95 Å². The van der Waals surface area contributed by atoms with Gasteiger partial charge in [-0.25, -0.2) is 4.98 Å². The molecule has 0 radical (unpaired) electrons. The average Bonchev–Trinajstić information content (AvgIpc) is 2.73. The van der Waals surface area contributed by atoms with E-state index in [0.29, 0.717) is 6.54 Å². The minimum Gasteiger partial charge on any atom is -0.481 e. The summed E-state index contributed by atoms with van der Waals surface area (Å²) in [4.78, 5) is 14.9. The molecule has 0 atom stereocenters. The molecule has 0 spiro atoms. The van der Waals surface area contributed by atoms with Crippen molar-refractivity contribution >= 4 is 11.9 Å². The molecule has 0 amide bonds. The van der Waals surface area contributed by atoms with Crippen molar-refractivity contribution < 1.29 is 9.90 Å². The Morgan fingerprint density at radius 2 is 2.11 bits per heavy atom. The zero-order valence-corrected chi connectivity index (χ0v) is 10.1. The molecule has 2 aromatic rings. The summed E-state index contributed by atoms with van der Waals surface area (Å²) in [6.45, 7) is 0.564. The molecule has 5 heteroatoms. The van der Waals surface area contributed by atoms with Crippen LogP contribution in [0.15, 0.2) is 36.7 Å². The van der Waals surface area contributed by atoms with E-state index in [1.165, 1.54) is 0 Å². The maximum absolute atomic E-state index is 10.8. The first kappa shape index (κ1) is 12.2. The van der Waals surface area contributed by atoms with Gasteiger partial charge in [-0.1, -0.05) is 24.3 Å². The summed E-state index contributed by atoms with van der Waals surface area (Å²) >= 11 is 0. The Morgan fingerprint density at radius 1 is 1.39 bits per heavy atom. The molecule has 1 aromatic carbocycles. The number of aliphatic carboxylic acids is 1. The molecule has 0 aliphatic rings. The number of aryl methyl sites for hydroxylation is 1. The first-order valence-corrected chi connectivity index (χ1v) is 5.66. The van der Waals surface area contributed by atoms with Gasteiger partial charge >= 0.3 is 5.97 Å². The lowest BCUT2D eigenvalue weighted by Gasteiger charge is -2.09. The summed E-state index contributed by atoms with van der Waals surface area (Å²) in [5.74, 6) is -0.0560. The summed E-state index contributed by atoms with van der Waals surface area (Å²) in [6, 6.07) is 7.51. The van der Waals surface area contributed by atoms with Crippen LogP contribution < -0.4 is 5.32 Å². The van der Waals surface area contributed by atoms with E-state index in [0.717, 1.165) is 17.1 Å². The molecule has 2 rings (SSSR count). The van der Waals surface area contributed by atoms with Crippen LogP contribution in [0.5, 0.6) is 0 Å². The maximum Gasteiger partial charge on any atom is 0.307 e. The van der Waals surface area contributed by atoms with Gasteiger partial charge in [0, 0.05) is 26.0 Å². The fraction of sp³-hybridized carbons (Fsp3) is 0.231. The van der Waals surface area contributed by atoms with Gasteiger partial charge in [-0.3, -0.25) is 4.79 Å². The molecule has 94 valence electrons. The number of nitrogens with one attached hydrogen (secondary N) is 1. The number of hydrogen-bond donors (Lipinski definition) is 2. The van der Waals surface area contributed by atoms with Gasteiger partial charge in [-0.2, -0.15) is 0 Å². The Balaban J connectivity index is 2.09. The summed E-state index contributed by atoms with van der Waals surface area (Å²) in [5.41, 5.74) is 1.80. The molecule has 0 unspecified atom stereocenters. The SMILES string of the molecule is Cn1ccnc1NCc1ccccc1CC(=O)O. The molecular weight excluding hydrogens is 230 g/mol. The van der Waals surface area contributed by atoms with E-state index in [4.69, 9.17) is 5.11 Å². The molecule has 0 aliphatic heterocycles. The highest BCUT2D eigenvalue weighted by Crippen LogP contribution is 2.12. The van der Waals surface area contributed by atoms with Crippen LogP contribution in [0.3, 0.4) is 0 Å². The second kappa shape index (κ2) is 5.35. The van der Waals surface area contributed by atoms with Crippen LogP contribution >= 0.6 is 0 Å². The van der Waals surface area contributed by atoms with E-state index >= 15 is 0 Å². The molecular formula is C13H15N3O2. The van der Waals surface area contributed by atoms with Crippen LogP contribution in [0.25, 0.3) is 0 Å². The van der Waals surface area contributed by atoms with Crippen molar-refractivity contribution in [3.8, 4) is 0 Å². The third-order valence-corrected chi connectivity index (χ3v) is 2.72. The summed E-state index contributed by atoms with van der Waals surface area (Å²) in [6.07, 6.45) is 3.61. The minimum atomic E-state index is -0.820. The monoisotopic (exact) mass is 245 g/mol. The predicted octanol–water partition coefficient (Wildman–Crippen LogP) is 1.66. The van der Waals surface area contributed by atoms with Gasteiger partial charge in [0.05, 0.1) is 6.42 Å². The molecule has 18 heavy (non-hydrogen) atoms. The predicted molar refractivity (Wildman–Crippen MR) is 68.3 cm³/mol. The maximum atomic E-state index is 10.8. The molecule has 1 aromatic heterocycles. The van der Waals surface area contributed by atoms with Gasteiger partial charge < -0.3 is 15.0 Å². The van der Waals surface area contributed by atoms with Gasteiger partial charge in [0.25, 0.3) is 0 Å². The number of carboxylic acids is 1. The lowest BCUT2D eigenvalue weighted by Crippen LogP contribution is -2.09. The fourth-order valence-electron chi connectivity index (χ4n) is 1.78. The number of carboxylic acid groups (broad SMARTS) is 1. The topological polar surface area (TPSA) is 67.2 Å². The lowest BCUT2D eigenvalue weighted by molar-refractivity contribution is -0.136. The van der Waals surface area contributed by atoms with E-state index in [1.54, 1.807) is 6.20 Å². The summed E-state index contributed by atoms with van der Waals surface area (Å²) in [5, 5.41) is 12.0. The number of nitrogens with zero attached hydrogens (tertiary/aromatic N) is 2. The molecule has 0 fully saturated rings. The van der Waals surface area contributed by atoms with Crippen LogP contribution in [0.1, 0.15) is 11.1 Å². The zero-order chi connectivity index (χ0) is 13.0. The van der Waals surface area contributed by atoms with Crippen molar-refractivity contribution in [3.05, 3.63) is 47.8 Å². The molecule has 2 N–H and O–H groups in total. The van der Waals surface area contributed by atoms with Crippen LogP contribution in [0.4, 0.5) is 5.95 Å². The van der Waals surface area contributed by atoms with Crippen molar-refractivity contribution in [1.82, 2.24) is 9.55 Å². The summed E-state index contributed by atoms with van der Waals surface area (Å²) in [7, 11) is 1.90. The Kier molecular flexibility index (Phi) is 3.62. The van der Waals surface area contributed by atoms with Crippen LogP contribution in [-0.2, 0) is 24.8 Å². The van der Waals surface area contributed by atoms with Gasteiger partial charge in [-0.05, 0) is 11.1 Å². The molecule has 5 nitrogen and oxygen atoms in total. The van der Waals surface area contributed by atoms with Crippen molar-refractivity contribution in [1.29, 1.82) is 0 Å². The smallest absolute Gasteiger partial charge is 0.307 e. The Bertz CT molecular complexity index is 549. The lowest BCUT2D eigenvalue weighted by atomic mass is 10.0. The number of aromatic nitrogens is 2. The van der Waals surface area contributed by atoms with Gasteiger partial charge in [0.1, 0.15) is 0 Å². The van der Waals surface area contributed by atoms with Crippen molar-refractivity contribution in [2.24, 2.45) is 7.05 Å². The first-order valence-electron chi connectivity index (χ1n) is 5.66. The standard InChI is InChI=1S/C13H15N3O2/c1-16-7-6-14-13(16)15-9-11-5-3-2-4-10(11)8-12(17)18/h2-7H,8-9H2,1H3,(H,14,15)(H,17,18). The number of anilines is 1. The molecule has 1 heterocycles. The fourth-order valence-corrected chi connectivity index (χ4v) is 1.78. The normalized spacial score (nSPS) is 10.3. The van der Waals surface area contributed by atoms with E-state index in [-0.39, 0.29) is 6.42 Å². The highest BCUT2D eigenvalue weighted by atomic mass is 16.4. The average molecular weight is 245 g/mol. The van der Waals surface area contributed by atoms with Crippen LogP contribution in [-0.4, -0.2) is 20.6 Å². The van der Waals surface area contributed by atoms with E-state index in [2.05, 4.69) is 10.3 Å². The van der Waals surface area contributed by atoms with E-state index in [9.17, 15) is 4.79 Å². The van der Waals surface area contributed by atoms with Crippen molar-refractivity contribution in [3.63, 3.8) is 0 Å². The van der Waals surface area contributed by atoms with Crippen LogP contribution in [0.2, 0.25) is 0 Å².